The lowest BCUT2D eigenvalue weighted by Crippen LogP contribution is -2.29. The van der Waals surface area contributed by atoms with Crippen molar-refractivity contribution in [2.24, 2.45) is 0 Å². The maximum absolute atomic E-state index is 7.02. The molecule has 0 N–H and O–H groups in total. The van der Waals surface area contributed by atoms with E-state index in [-0.39, 0.29) is 12.0 Å². The second-order valence-electron chi connectivity index (χ2n) is 14.4. The van der Waals surface area contributed by atoms with Crippen molar-refractivity contribution >= 4 is 53.7 Å². The third-order valence-corrected chi connectivity index (χ3v) is 12.4. The summed E-state index contributed by atoms with van der Waals surface area (Å²) in [4.78, 5) is 2.43. The van der Waals surface area contributed by atoms with Crippen LogP contribution < -0.4 is 9.64 Å². The van der Waals surface area contributed by atoms with Gasteiger partial charge in [0.05, 0.1) is 5.92 Å². The van der Waals surface area contributed by atoms with Gasteiger partial charge in [-0.3, -0.25) is 0 Å². The Kier molecular flexibility index (Phi) is 7.53. The molecule has 0 radical (unpaired) electrons. The summed E-state index contributed by atoms with van der Waals surface area (Å²) in [6.45, 7) is 0. The van der Waals surface area contributed by atoms with Crippen molar-refractivity contribution in [2.45, 2.75) is 12.0 Å². The van der Waals surface area contributed by atoms with E-state index < -0.39 is 0 Å². The van der Waals surface area contributed by atoms with Crippen molar-refractivity contribution in [1.29, 1.82) is 0 Å². The summed E-state index contributed by atoms with van der Waals surface area (Å²) in [5.74, 6) is 0.941. The first kappa shape index (κ1) is 31.8. The molecule has 0 saturated carbocycles. The van der Waals surface area contributed by atoms with E-state index in [1.807, 2.05) is 11.3 Å². The summed E-state index contributed by atoms with van der Waals surface area (Å²) in [5, 5.41) is 5.10. The summed E-state index contributed by atoms with van der Waals surface area (Å²) in [5.41, 5.74) is 11.9. The van der Waals surface area contributed by atoms with Crippen LogP contribution in [0.25, 0.3) is 64.3 Å². The molecule has 1 aliphatic heterocycles. The zero-order chi connectivity index (χ0) is 36.3. The van der Waals surface area contributed by atoms with Crippen molar-refractivity contribution in [2.75, 3.05) is 4.90 Å². The molecule has 0 fully saturated rings. The van der Waals surface area contributed by atoms with E-state index in [1.54, 1.807) is 0 Å². The molecule has 1 aliphatic carbocycles. The Morgan fingerprint density at radius 3 is 1.71 bits per heavy atom. The molecule has 2 aliphatic rings. The average molecular weight is 722 g/mol. The van der Waals surface area contributed by atoms with Crippen LogP contribution in [0.3, 0.4) is 0 Å². The first-order valence-electron chi connectivity index (χ1n) is 18.9. The van der Waals surface area contributed by atoms with Crippen LogP contribution in [-0.2, 0) is 0 Å². The standard InChI is InChI=1S/C52H35NOS/c1-3-13-34(14-4-1)36-25-29-38(30-26-36)53(39-31-27-37(28-32-39)35-15-5-2-6-16-35)45-21-12-22-46-52(45)51-41-18-8-7-17-40(41)44(33-47(51)54-46)42-20-11-24-49-50(42)43-19-9-10-23-48(43)55-49/h1-33,46,52H. The average Bonchev–Trinajstić information content (AvgIpc) is 3.84. The first-order chi connectivity index (χ1) is 27.3. The summed E-state index contributed by atoms with van der Waals surface area (Å²) < 4.78 is 9.63. The maximum atomic E-state index is 7.02. The lowest BCUT2D eigenvalue weighted by Gasteiger charge is -2.34. The highest BCUT2D eigenvalue weighted by molar-refractivity contribution is 7.25. The van der Waals surface area contributed by atoms with Crippen molar-refractivity contribution in [3.63, 3.8) is 0 Å². The van der Waals surface area contributed by atoms with Gasteiger partial charge in [0.15, 0.2) is 0 Å². The number of fused-ring (bicyclic) bond motifs is 8. The quantitative estimate of drug-likeness (QED) is 0.169. The summed E-state index contributed by atoms with van der Waals surface area (Å²) in [6.07, 6.45) is 6.55. The third kappa shape index (κ3) is 5.31. The molecular weight excluding hydrogens is 687 g/mol. The Labute approximate surface area is 324 Å². The van der Waals surface area contributed by atoms with E-state index in [2.05, 4.69) is 205 Å². The lowest BCUT2D eigenvalue weighted by molar-refractivity contribution is 0.264. The summed E-state index contributed by atoms with van der Waals surface area (Å²) in [6, 6.07) is 65.9. The van der Waals surface area contributed by atoms with Gasteiger partial charge in [-0.15, -0.1) is 11.3 Å². The zero-order valence-corrected chi connectivity index (χ0v) is 30.8. The van der Waals surface area contributed by atoms with Crippen LogP contribution in [0, 0.1) is 0 Å². The fourth-order valence-corrected chi connectivity index (χ4v) is 9.89. The number of nitrogens with zero attached hydrogens (tertiary/aromatic N) is 1. The third-order valence-electron chi connectivity index (χ3n) is 11.3. The minimum absolute atomic E-state index is 0.0145. The van der Waals surface area contributed by atoms with Crippen LogP contribution in [0.2, 0.25) is 0 Å². The highest BCUT2D eigenvalue weighted by Crippen LogP contribution is 2.54. The van der Waals surface area contributed by atoms with Crippen molar-refractivity contribution < 1.29 is 4.74 Å². The molecule has 2 nitrogen and oxygen atoms in total. The van der Waals surface area contributed by atoms with Crippen LogP contribution in [0.15, 0.2) is 206 Å². The molecule has 0 amide bonds. The van der Waals surface area contributed by atoms with E-state index in [0.29, 0.717) is 0 Å². The van der Waals surface area contributed by atoms with Gasteiger partial charge >= 0.3 is 0 Å². The molecule has 2 heterocycles. The number of anilines is 2. The number of allylic oxidation sites excluding steroid dienone is 2. The van der Waals surface area contributed by atoms with Gasteiger partial charge < -0.3 is 9.64 Å². The van der Waals surface area contributed by atoms with Gasteiger partial charge in [-0.1, -0.05) is 146 Å². The smallest absolute Gasteiger partial charge is 0.130 e. The Morgan fingerprint density at radius 2 is 1.04 bits per heavy atom. The van der Waals surface area contributed by atoms with Crippen LogP contribution in [-0.4, -0.2) is 6.10 Å². The molecule has 0 saturated heterocycles. The lowest BCUT2D eigenvalue weighted by atomic mass is 9.83. The number of hydrogen-bond donors (Lipinski definition) is 0. The van der Waals surface area contributed by atoms with Crippen LogP contribution in [0.1, 0.15) is 11.5 Å². The van der Waals surface area contributed by atoms with Gasteiger partial charge in [0, 0.05) is 42.8 Å². The fraction of sp³-hybridized carbons (Fsp3) is 0.0385. The largest absolute Gasteiger partial charge is 0.485 e. The monoisotopic (exact) mass is 721 g/mol. The van der Waals surface area contributed by atoms with E-state index in [0.717, 1.165) is 17.1 Å². The topological polar surface area (TPSA) is 12.5 Å². The SMILES string of the molecule is C1=CC2Oc3cc(-c4cccc5sc6ccccc6c45)c4ccccc4c3C2C(N(c2ccc(-c3ccccc3)cc2)c2ccc(-c3ccccc3)cc2)=C1. The first-order valence-corrected chi connectivity index (χ1v) is 19.7. The molecule has 0 bridgehead atoms. The van der Waals surface area contributed by atoms with Gasteiger partial charge in [0.1, 0.15) is 11.9 Å². The van der Waals surface area contributed by atoms with E-state index in [4.69, 9.17) is 4.74 Å². The number of ether oxygens (including phenoxy) is 1. The highest BCUT2D eigenvalue weighted by atomic mass is 32.1. The number of rotatable bonds is 6. The molecule has 55 heavy (non-hydrogen) atoms. The summed E-state index contributed by atoms with van der Waals surface area (Å²) in [7, 11) is 0. The Bertz CT molecular complexity index is 2860. The van der Waals surface area contributed by atoms with Crippen LogP contribution in [0.4, 0.5) is 11.4 Å². The van der Waals surface area contributed by atoms with Crippen molar-refractivity contribution in [3.8, 4) is 39.1 Å². The normalized spacial score (nSPS) is 15.8. The number of benzene rings is 8. The van der Waals surface area contributed by atoms with Gasteiger partial charge in [-0.2, -0.15) is 0 Å². The van der Waals surface area contributed by atoms with E-state index >= 15 is 0 Å². The second-order valence-corrected chi connectivity index (χ2v) is 15.4. The van der Waals surface area contributed by atoms with Crippen molar-refractivity contribution in [3.05, 3.63) is 211 Å². The van der Waals surface area contributed by atoms with Gasteiger partial charge in [-0.05, 0) is 98.8 Å². The van der Waals surface area contributed by atoms with Crippen LogP contribution in [0.5, 0.6) is 5.75 Å². The molecule has 2 unspecified atom stereocenters. The van der Waals surface area contributed by atoms with E-state index in [9.17, 15) is 0 Å². The second kappa shape index (κ2) is 13.0. The molecule has 11 rings (SSSR count). The molecule has 3 heteroatoms. The van der Waals surface area contributed by atoms with Crippen molar-refractivity contribution in [1.82, 2.24) is 0 Å². The Morgan fingerprint density at radius 1 is 0.473 bits per heavy atom. The predicted molar refractivity (Wildman–Crippen MR) is 233 cm³/mol. The Balaban J connectivity index is 1.07. The molecule has 260 valence electrons. The summed E-state index contributed by atoms with van der Waals surface area (Å²) >= 11 is 1.86. The van der Waals surface area contributed by atoms with Gasteiger partial charge in [0.25, 0.3) is 0 Å². The highest BCUT2D eigenvalue weighted by Gasteiger charge is 2.41. The minimum atomic E-state index is -0.138. The van der Waals surface area contributed by atoms with E-state index in [1.165, 1.54) is 75.6 Å². The van der Waals surface area contributed by atoms with Crippen LogP contribution >= 0.6 is 11.3 Å². The molecular formula is C52H35NOS. The molecule has 9 aromatic rings. The Hall–Kier alpha value is -6.68. The molecule has 1 aromatic heterocycles. The zero-order valence-electron chi connectivity index (χ0n) is 30.0. The molecule has 8 aromatic carbocycles. The number of hydrogen-bond acceptors (Lipinski definition) is 3. The molecule has 0 spiro atoms. The van der Waals surface area contributed by atoms with Gasteiger partial charge in [0.2, 0.25) is 0 Å². The van der Waals surface area contributed by atoms with Gasteiger partial charge in [-0.25, -0.2) is 0 Å². The number of thiophene rings is 1. The molecule has 2 atom stereocenters. The predicted octanol–water partition coefficient (Wildman–Crippen LogP) is 14.3. The fourth-order valence-electron chi connectivity index (χ4n) is 8.75. The minimum Gasteiger partial charge on any atom is -0.485 e. The maximum Gasteiger partial charge on any atom is 0.130 e.